The molecule has 0 aliphatic rings. The number of anilines is 1. The number of carbonyl (C=O) groups is 1. The SMILES string of the molecule is Nc1cc2c(C=O)c(I)ccc2s1. The molecule has 1 aromatic carbocycles. The molecule has 1 aromatic heterocycles. The summed E-state index contributed by atoms with van der Waals surface area (Å²) in [6.45, 7) is 0. The van der Waals surface area contributed by atoms with Crippen molar-refractivity contribution in [1.29, 1.82) is 0 Å². The lowest BCUT2D eigenvalue weighted by molar-refractivity contribution is 0.112. The summed E-state index contributed by atoms with van der Waals surface area (Å²) in [5, 5.41) is 1.71. The van der Waals surface area contributed by atoms with Gasteiger partial charge in [0.25, 0.3) is 0 Å². The molecule has 2 aromatic rings. The summed E-state index contributed by atoms with van der Waals surface area (Å²) in [4.78, 5) is 10.8. The molecule has 2 rings (SSSR count). The van der Waals surface area contributed by atoms with E-state index < -0.39 is 0 Å². The molecule has 2 N–H and O–H groups in total. The van der Waals surface area contributed by atoms with E-state index in [1.54, 1.807) is 0 Å². The van der Waals surface area contributed by atoms with Crippen molar-refractivity contribution in [3.63, 3.8) is 0 Å². The van der Waals surface area contributed by atoms with E-state index >= 15 is 0 Å². The van der Waals surface area contributed by atoms with E-state index in [-0.39, 0.29) is 0 Å². The van der Waals surface area contributed by atoms with Gasteiger partial charge in [-0.2, -0.15) is 0 Å². The van der Waals surface area contributed by atoms with Crippen LogP contribution >= 0.6 is 33.9 Å². The number of fused-ring (bicyclic) bond motifs is 1. The van der Waals surface area contributed by atoms with Crippen LogP contribution in [0.15, 0.2) is 18.2 Å². The lowest BCUT2D eigenvalue weighted by Crippen LogP contribution is -1.85. The molecule has 0 fully saturated rings. The highest BCUT2D eigenvalue weighted by Crippen LogP contribution is 2.31. The van der Waals surface area contributed by atoms with Crippen LogP contribution in [0, 0.1) is 3.57 Å². The van der Waals surface area contributed by atoms with Gasteiger partial charge < -0.3 is 5.73 Å². The molecule has 66 valence electrons. The van der Waals surface area contributed by atoms with Crippen LogP contribution in [0.3, 0.4) is 0 Å². The van der Waals surface area contributed by atoms with Gasteiger partial charge in [-0.25, -0.2) is 0 Å². The Morgan fingerprint density at radius 3 is 2.92 bits per heavy atom. The third-order valence-electron chi connectivity index (χ3n) is 1.83. The molecule has 0 saturated carbocycles. The van der Waals surface area contributed by atoms with Crippen LogP contribution in [-0.2, 0) is 0 Å². The Balaban J connectivity index is 2.90. The summed E-state index contributed by atoms with van der Waals surface area (Å²) < 4.78 is 2.04. The zero-order chi connectivity index (χ0) is 9.42. The summed E-state index contributed by atoms with van der Waals surface area (Å²) in [5.74, 6) is 0. The summed E-state index contributed by atoms with van der Waals surface area (Å²) in [5.41, 5.74) is 6.41. The minimum absolute atomic E-state index is 0.742. The summed E-state index contributed by atoms with van der Waals surface area (Å²) in [6, 6.07) is 5.78. The van der Waals surface area contributed by atoms with Gasteiger partial charge in [0.1, 0.15) is 0 Å². The molecule has 0 spiro atoms. The number of nitrogen functional groups attached to an aromatic ring is 1. The van der Waals surface area contributed by atoms with Gasteiger partial charge in [0, 0.05) is 19.2 Å². The van der Waals surface area contributed by atoms with Crippen molar-refractivity contribution in [3.05, 3.63) is 27.3 Å². The van der Waals surface area contributed by atoms with E-state index in [0.717, 1.165) is 30.5 Å². The molecule has 4 heteroatoms. The van der Waals surface area contributed by atoms with Gasteiger partial charge in [0.05, 0.1) is 5.00 Å². The Bertz CT molecular complexity index is 478. The zero-order valence-electron chi connectivity index (χ0n) is 6.58. The molecule has 0 unspecified atom stereocenters. The van der Waals surface area contributed by atoms with Gasteiger partial charge in [-0.15, -0.1) is 11.3 Å². The van der Waals surface area contributed by atoms with Crippen molar-refractivity contribution in [1.82, 2.24) is 0 Å². The number of nitrogens with two attached hydrogens (primary N) is 1. The normalized spacial score (nSPS) is 10.5. The zero-order valence-corrected chi connectivity index (χ0v) is 9.56. The van der Waals surface area contributed by atoms with Crippen molar-refractivity contribution in [2.24, 2.45) is 0 Å². The first kappa shape index (κ1) is 8.96. The highest BCUT2D eigenvalue weighted by molar-refractivity contribution is 14.1. The maximum atomic E-state index is 10.8. The first-order chi connectivity index (χ1) is 6.22. The predicted octanol–water partition coefficient (Wildman–Crippen LogP) is 2.90. The van der Waals surface area contributed by atoms with E-state index in [1.165, 1.54) is 11.3 Å². The monoisotopic (exact) mass is 303 g/mol. The van der Waals surface area contributed by atoms with Crippen molar-refractivity contribution in [2.45, 2.75) is 0 Å². The van der Waals surface area contributed by atoms with E-state index in [2.05, 4.69) is 22.6 Å². The Morgan fingerprint density at radius 1 is 1.46 bits per heavy atom. The van der Waals surface area contributed by atoms with Gasteiger partial charge in [0.2, 0.25) is 0 Å². The van der Waals surface area contributed by atoms with Crippen LogP contribution in [0.4, 0.5) is 5.00 Å². The second-order valence-corrected chi connectivity index (χ2v) is 4.92. The van der Waals surface area contributed by atoms with Crippen molar-refractivity contribution in [2.75, 3.05) is 5.73 Å². The molecule has 0 amide bonds. The Kier molecular flexibility index (Phi) is 2.25. The first-order valence-corrected chi connectivity index (χ1v) is 5.54. The highest BCUT2D eigenvalue weighted by atomic mass is 127. The largest absolute Gasteiger partial charge is 0.391 e. The van der Waals surface area contributed by atoms with E-state index in [1.807, 2.05) is 18.2 Å². The number of halogens is 1. The fraction of sp³-hybridized carbons (Fsp3) is 0. The molecule has 0 bridgehead atoms. The number of benzene rings is 1. The van der Waals surface area contributed by atoms with Gasteiger partial charge in [0.15, 0.2) is 6.29 Å². The number of rotatable bonds is 1. The number of aldehydes is 1. The number of hydrogen-bond donors (Lipinski definition) is 1. The average molecular weight is 303 g/mol. The molecule has 1 heterocycles. The van der Waals surface area contributed by atoms with Gasteiger partial charge in [-0.1, -0.05) is 0 Å². The van der Waals surface area contributed by atoms with Crippen LogP contribution in [0.1, 0.15) is 10.4 Å². The van der Waals surface area contributed by atoms with Gasteiger partial charge >= 0.3 is 0 Å². The Labute approximate surface area is 92.9 Å². The van der Waals surface area contributed by atoms with E-state index in [4.69, 9.17) is 5.73 Å². The maximum Gasteiger partial charge on any atom is 0.151 e. The Morgan fingerprint density at radius 2 is 2.23 bits per heavy atom. The molecule has 0 aliphatic heterocycles. The molecule has 0 saturated heterocycles. The highest BCUT2D eigenvalue weighted by Gasteiger charge is 2.07. The van der Waals surface area contributed by atoms with Crippen LogP contribution in [0.25, 0.3) is 10.1 Å². The molecular formula is C9H6INOS. The second kappa shape index (κ2) is 3.26. The van der Waals surface area contributed by atoms with Crippen LogP contribution < -0.4 is 5.73 Å². The third kappa shape index (κ3) is 1.44. The average Bonchev–Trinajstić information content (AvgIpc) is 2.45. The molecule has 0 atom stereocenters. The summed E-state index contributed by atoms with van der Waals surface area (Å²) >= 11 is 3.66. The van der Waals surface area contributed by atoms with Crippen LogP contribution in [0.2, 0.25) is 0 Å². The Hall–Kier alpha value is -0.620. The first-order valence-electron chi connectivity index (χ1n) is 3.65. The maximum absolute atomic E-state index is 10.8. The topological polar surface area (TPSA) is 43.1 Å². The molecular weight excluding hydrogens is 297 g/mol. The summed E-state index contributed by atoms with van der Waals surface area (Å²) in [7, 11) is 0. The smallest absolute Gasteiger partial charge is 0.151 e. The molecule has 0 radical (unpaired) electrons. The predicted molar refractivity (Wildman–Crippen MR) is 64.3 cm³/mol. The number of carbonyl (C=O) groups excluding carboxylic acids is 1. The third-order valence-corrected chi connectivity index (χ3v) is 3.70. The fourth-order valence-electron chi connectivity index (χ4n) is 1.25. The number of hydrogen-bond acceptors (Lipinski definition) is 3. The lowest BCUT2D eigenvalue weighted by Gasteiger charge is -1.96. The standard InChI is InChI=1S/C9H6INOS/c10-7-1-2-8-5(6(7)4-12)3-9(11)13-8/h1-4H,11H2. The van der Waals surface area contributed by atoms with E-state index in [9.17, 15) is 4.79 Å². The minimum atomic E-state index is 0.742. The van der Waals surface area contributed by atoms with Crippen LogP contribution in [-0.4, -0.2) is 6.29 Å². The number of thiophene rings is 1. The van der Waals surface area contributed by atoms with Gasteiger partial charge in [-0.3, -0.25) is 4.79 Å². The summed E-state index contributed by atoms with van der Waals surface area (Å²) in [6.07, 6.45) is 0.885. The quantitative estimate of drug-likeness (QED) is 0.650. The van der Waals surface area contributed by atoms with Crippen molar-refractivity contribution in [3.8, 4) is 0 Å². The minimum Gasteiger partial charge on any atom is -0.391 e. The lowest BCUT2D eigenvalue weighted by atomic mass is 10.1. The second-order valence-electron chi connectivity index (χ2n) is 2.64. The van der Waals surface area contributed by atoms with E-state index in [0.29, 0.717) is 0 Å². The van der Waals surface area contributed by atoms with Gasteiger partial charge in [-0.05, 0) is 40.8 Å². The molecule has 13 heavy (non-hydrogen) atoms. The van der Waals surface area contributed by atoms with Crippen molar-refractivity contribution < 1.29 is 4.79 Å². The van der Waals surface area contributed by atoms with Crippen molar-refractivity contribution >= 4 is 55.3 Å². The fourth-order valence-corrected chi connectivity index (χ4v) is 2.69. The molecule has 2 nitrogen and oxygen atoms in total. The molecule has 0 aliphatic carbocycles. The van der Waals surface area contributed by atoms with Crippen LogP contribution in [0.5, 0.6) is 0 Å².